The van der Waals surface area contributed by atoms with Crippen LogP contribution >= 0.6 is 0 Å². The summed E-state index contributed by atoms with van der Waals surface area (Å²) in [5, 5.41) is 0. The summed E-state index contributed by atoms with van der Waals surface area (Å²) < 4.78 is 5.69. The summed E-state index contributed by atoms with van der Waals surface area (Å²) in [4.78, 5) is 0. The Bertz CT molecular complexity index is 136. The molecule has 0 spiro atoms. The minimum absolute atomic E-state index is 0.575. The highest BCUT2D eigenvalue weighted by molar-refractivity contribution is 4.91. The Kier molecular flexibility index (Phi) is 1.54. The van der Waals surface area contributed by atoms with E-state index < -0.39 is 0 Å². The SMILES string of the molecule is CC1(COCC2(C)CC2)CC1. The van der Waals surface area contributed by atoms with E-state index in [1.807, 2.05) is 0 Å². The standard InChI is InChI=1S/C10H18O/c1-9(3-4-9)7-11-8-10(2)5-6-10/h3-8H2,1-2H3. The van der Waals surface area contributed by atoms with Crippen molar-refractivity contribution in [2.24, 2.45) is 10.8 Å². The summed E-state index contributed by atoms with van der Waals surface area (Å²) in [5.74, 6) is 0. The second kappa shape index (κ2) is 2.22. The Hall–Kier alpha value is -0.0400. The predicted octanol–water partition coefficient (Wildman–Crippen LogP) is 2.60. The van der Waals surface area contributed by atoms with Crippen molar-refractivity contribution in [3.05, 3.63) is 0 Å². The molecule has 0 saturated heterocycles. The highest BCUT2D eigenvalue weighted by Crippen LogP contribution is 2.48. The quantitative estimate of drug-likeness (QED) is 0.604. The first-order valence-corrected chi connectivity index (χ1v) is 4.70. The average Bonchev–Trinajstić information content (AvgIpc) is 2.78. The topological polar surface area (TPSA) is 9.23 Å². The minimum atomic E-state index is 0.575. The van der Waals surface area contributed by atoms with Crippen molar-refractivity contribution in [1.82, 2.24) is 0 Å². The van der Waals surface area contributed by atoms with Gasteiger partial charge in [-0.2, -0.15) is 0 Å². The Morgan fingerprint density at radius 2 is 1.27 bits per heavy atom. The molecular weight excluding hydrogens is 136 g/mol. The third-order valence-corrected chi connectivity index (χ3v) is 3.11. The van der Waals surface area contributed by atoms with Gasteiger partial charge in [-0.1, -0.05) is 13.8 Å². The molecule has 0 aromatic carbocycles. The molecule has 2 saturated carbocycles. The lowest BCUT2D eigenvalue weighted by Crippen LogP contribution is -2.12. The average molecular weight is 154 g/mol. The van der Waals surface area contributed by atoms with E-state index in [-0.39, 0.29) is 0 Å². The first kappa shape index (κ1) is 7.60. The van der Waals surface area contributed by atoms with Gasteiger partial charge in [0, 0.05) is 0 Å². The molecule has 2 fully saturated rings. The molecule has 0 amide bonds. The lowest BCUT2D eigenvalue weighted by molar-refractivity contribution is 0.0659. The second-order valence-corrected chi connectivity index (χ2v) is 5.11. The summed E-state index contributed by atoms with van der Waals surface area (Å²) in [5.41, 5.74) is 1.15. The van der Waals surface area contributed by atoms with E-state index in [2.05, 4.69) is 13.8 Å². The first-order valence-electron chi connectivity index (χ1n) is 4.70. The highest BCUT2D eigenvalue weighted by Gasteiger charge is 2.41. The van der Waals surface area contributed by atoms with Crippen LogP contribution in [0.4, 0.5) is 0 Å². The van der Waals surface area contributed by atoms with Gasteiger partial charge in [0.25, 0.3) is 0 Å². The van der Waals surface area contributed by atoms with Crippen LogP contribution in [0.5, 0.6) is 0 Å². The Morgan fingerprint density at radius 1 is 0.909 bits per heavy atom. The Morgan fingerprint density at radius 3 is 1.55 bits per heavy atom. The van der Waals surface area contributed by atoms with Gasteiger partial charge in [-0.15, -0.1) is 0 Å². The van der Waals surface area contributed by atoms with Crippen LogP contribution in [0, 0.1) is 10.8 Å². The van der Waals surface area contributed by atoms with E-state index in [4.69, 9.17) is 4.74 Å². The van der Waals surface area contributed by atoms with Gasteiger partial charge in [0.2, 0.25) is 0 Å². The zero-order valence-electron chi connectivity index (χ0n) is 7.65. The molecule has 1 nitrogen and oxygen atoms in total. The molecule has 0 aliphatic heterocycles. The van der Waals surface area contributed by atoms with Crippen LogP contribution in [-0.2, 0) is 4.74 Å². The third-order valence-electron chi connectivity index (χ3n) is 3.11. The molecule has 0 aromatic heterocycles. The second-order valence-electron chi connectivity index (χ2n) is 5.11. The number of rotatable bonds is 4. The molecule has 2 aliphatic carbocycles. The summed E-state index contributed by atoms with van der Waals surface area (Å²) in [7, 11) is 0. The highest BCUT2D eigenvalue weighted by atomic mass is 16.5. The summed E-state index contributed by atoms with van der Waals surface area (Å²) in [6, 6.07) is 0. The maximum Gasteiger partial charge on any atom is 0.0520 e. The molecule has 2 rings (SSSR count). The fraction of sp³-hybridized carbons (Fsp3) is 1.00. The van der Waals surface area contributed by atoms with Crippen LogP contribution in [-0.4, -0.2) is 13.2 Å². The molecular formula is C10H18O. The maximum absolute atomic E-state index is 5.69. The van der Waals surface area contributed by atoms with Gasteiger partial charge < -0.3 is 4.74 Å². The minimum Gasteiger partial charge on any atom is -0.380 e. The smallest absolute Gasteiger partial charge is 0.0520 e. The van der Waals surface area contributed by atoms with Crippen LogP contribution in [0.3, 0.4) is 0 Å². The van der Waals surface area contributed by atoms with E-state index in [9.17, 15) is 0 Å². The predicted molar refractivity (Wildman–Crippen MR) is 45.5 cm³/mol. The van der Waals surface area contributed by atoms with E-state index in [1.54, 1.807) is 0 Å². The third kappa shape index (κ3) is 1.96. The van der Waals surface area contributed by atoms with Crippen LogP contribution in [0.15, 0.2) is 0 Å². The van der Waals surface area contributed by atoms with Crippen molar-refractivity contribution in [2.45, 2.75) is 39.5 Å². The summed E-state index contributed by atoms with van der Waals surface area (Å²) in [6.07, 6.45) is 5.51. The fourth-order valence-corrected chi connectivity index (χ4v) is 1.26. The Balaban J connectivity index is 1.60. The summed E-state index contributed by atoms with van der Waals surface area (Å²) >= 11 is 0. The lowest BCUT2D eigenvalue weighted by atomic mass is 10.1. The molecule has 0 atom stereocenters. The van der Waals surface area contributed by atoms with Crippen molar-refractivity contribution in [1.29, 1.82) is 0 Å². The van der Waals surface area contributed by atoms with Crippen molar-refractivity contribution < 1.29 is 4.74 Å². The van der Waals surface area contributed by atoms with Gasteiger partial charge in [-0.25, -0.2) is 0 Å². The first-order chi connectivity index (χ1) is 5.12. The van der Waals surface area contributed by atoms with Gasteiger partial charge in [0.1, 0.15) is 0 Å². The number of ether oxygens (including phenoxy) is 1. The van der Waals surface area contributed by atoms with Crippen molar-refractivity contribution in [2.75, 3.05) is 13.2 Å². The van der Waals surface area contributed by atoms with Crippen molar-refractivity contribution in [3.63, 3.8) is 0 Å². The molecule has 64 valence electrons. The van der Waals surface area contributed by atoms with Gasteiger partial charge in [-0.3, -0.25) is 0 Å². The molecule has 11 heavy (non-hydrogen) atoms. The van der Waals surface area contributed by atoms with Crippen molar-refractivity contribution >= 4 is 0 Å². The van der Waals surface area contributed by atoms with Crippen LogP contribution in [0.1, 0.15) is 39.5 Å². The largest absolute Gasteiger partial charge is 0.380 e. The van der Waals surface area contributed by atoms with Gasteiger partial charge >= 0.3 is 0 Å². The number of hydrogen-bond acceptors (Lipinski definition) is 1. The van der Waals surface area contributed by atoms with Crippen molar-refractivity contribution in [3.8, 4) is 0 Å². The monoisotopic (exact) mass is 154 g/mol. The molecule has 1 heteroatoms. The van der Waals surface area contributed by atoms with Gasteiger partial charge in [-0.05, 0) is 36.5 Å². The molecule has 0 N–H and O–H groups in total. The van der Waals surface area contributed by atoms with Crippen LogP contribution in [0.2, 0.25) is 0 Å². The molecule has 0 radical (unpaired) electrons. The molecule has 0 bridgehead atoms. The van der Waals surface area contributed by atoms with Crippen LogP contribution in [0.25, 0.3) is 0 Å². The van der Waals surface area contributed by atoms with E-state index in [0.717, 1.165) is 13.2 Å². The maximum atomic E-state index is 5.69. The number of hydrogen-bond donors (Lipinski definition) is 0. The Labute approximate surface area is 69.1 Å². The molecule has 0 unspecified atom stereocenters. The zero-order valence-corrected chi connectivity index (χ0v) is 7.65. The van der Waals surface area contributed by atoms with E-state index in [1.165, 1.54) is 25.7 Å². The normalized spacial score (nSPS) is 30.0. The van der Waals surface area contributed by atoms with Gasteiger partial charge in [0.15, 0.2) is 0 Å². The zero-order chi connectivity index (χ0) is 7.95. The van der Waals surface area contributed by atoms with Gasteiger partial charge in [0.05, 0.1) is 13.2 Å². The lowest BCUT2D eigenvalue weighted by Gasteiger charge is -2.12. The van der Waals surface area contributed by atoms with Crippen LogP contribution < -0.4 is 0 Å². The summed E-state index contributed by atoms with van der Waals surface area (Å²) in [6.45, 7) is 6.65. The molecule has 0 heterocycles. The van der Waals surface area contributed by atoms with E-state index in [0.29, 0.717) is 10.8 Å². The van der Waals surface area contributed by atoms with E-state index >= 15 is 0 Å². The molecule has 2 aliphatic rings. The molecule has 0 aromatic rings. The fourth-order valence-electron chi connectivity index (χ4n) is 1.26.